The highest BCUT2D eigenvalue weighted by Gasteiger charge is 2.35. The van der Waals surface area contributed by atoms with E-state index in [1.54, 1.807) is 23.9 Å². The number of nitrogens with one attached hydrogen (secondary N) is 1. The fourth-order valence-electron chi connectivity index (χ4n) is 3.46. The van der Waals surface area contributed by atoms with Crippen molar-refractivity contribution in [1.29, 1.82) is 0 Å². The van der Waals surface area contributed by atoms with Crippen molar-refractivity contribution in [3.63, 3.8) is 0 Å². The third-order valence-corrected chi connectivity index (χ3v) is 6.27. The fraction of sp³-hybridized carbons (Fsp3) is 0.368. The SMILES string of the molecule is Cn1cc(Cl)cc1C(=O)N[C@H]1CN(S(C)(=O)=O)CC[C@H]1c1ccccc1.O=CO. The molecule has 8 nitrogen and oxygen atoms in total. The van der Waals surface area contributed by atoms with Crippen LogP contribution in [0.15, 0.2) is 42.6 Å². The number of rotatable bonds is 4. The van der Waals surface area contributed by atoms with Crippen molar-refractivity contribution in [3.05, 3.63) is 58.9 Å². The maximum atomic E-state index is 12.7. The molecule has 0 spiro atoms. The molecule has 1 aromatic carbocycles. The molecule has 1 aliphatic rings. The van der Waals surface area contributed by atoms with Gasteiger partial charge in [0.2, 0.25) is 10.0 Å². The van der Waals surface area contributed by atoms with Crippen LogP contribution in [0.5, 0.6) is 0 Å². The van der Waals surface area contributed by atoms with Crippen LogP contribution in [0.3, 0.4) is 0 Å². The van der Waals surface area contributed by atoms with Gasteiger partial charge in [0.25, 0.3) is 12.4 Å². The van der Waals surface area contributed by atoms with Gasteiger partial charge in [0.15, 0.2) is 0 Å². The maximum Gasteiger partial charge on any atom is 0.290 e. The number of halogens is 1. The molecule has 2 atom stereocenters. The summed E-state index contributed by atoms with van der Waals surface area (Å²) in [5.41, 5.74) is 1.54. The third kappa shape index (κ3) is 6.06. The predicted octanol–water partition coefficient (Wildman–Crippen LogP) is 1.93. The van der Waals surface area contributed by atoms with Crippen LogP contribution in [0, 0.1) is 0 Å². The number of hydrogen-bond acceptors (Lipinski definition) is 4. The van der Waals surface area contributed by atoms with Gasteiger partial charge in [-0.2, -0.15) is 0 Å². The molecule has 10 heteroatoms. The lowest BCUT2D eigenvalue weighted by molar-refractivity contribution is -0.122. The van der Waals surface area contributed by atoms with Crippen LogP contribution < -0.4 is 5.32 Å². The molecule has 1 saturated heterocycles. The second-order valence-corrected chi connectivity index (χ2v) is 9.19. The Hall–Kier alpha value is -2.36. The summed E-state index contributed by atoms with van der Waals surface area (Å²) in [5, 5.41) is 10.4. The summed E-state index contributed by atoms with van der Waals surface area (Å²) in [7, 11) is -1.56. The average Bonchev–Trinajstić information content (AvgIpc) is 3.00. The first-order chi connectivity index (χ1) is 13.7. The lowest BCUT2D eigenvalue weighted by Gasteiger charge is -2.38. The van der Waals surface area contributed by atoms with Crippen LogP contribution >= 0.6 is 11.6 Å². The Morgan fingerprint density at radius 3 is 2.45 bits per heavy atom. The molecule has 0 saturated carbocycles. The molecule has 1 amide bonds. The second-order valence-electron chi connectivity index (χ2n) is 6.77. The molecule has 0 bridgehead atoms. The van der Waals surface area contributed by atoms with Crippen LogP contribution in [0.2, 0.25) is 5.02 Å². The van der Waals surface area contributed by atoms with Gasteiger partial charge >= 0.3 is 0 Å². The van der Waals surface area contributed by atoms with E-state index < -0.39 is 10.0 Å². The maximum absolute atomic E-state index is 12.7. The van der Waals surface area contributed by atoms with Gasteiger partial charge in [-0.1, -0.05) is 41.9 Å². The lowest BCUT2D eigenvalue weighted by Crippen LogP contribution is -2.53. The quantitative estimate of drug-likeness (QED) is 0.704. The zero-order valence-corrected chi connectivity index (χ0v) is 17.7. The van der Waals surface area contributed by atoms with Crippen LogP contribution in [-0.2, 0) is 21.9 Å². The minimum Gasteiger partial charge on any atom is -0.483 e. The van der Waals surface area contributed by atoms with Crippen molar-refractivity contribution in [1.82, 2.24) is 14.2 Å². The molecule has 0 unspecified atom stereocenters. The smallest absolute Gasteiger partial charge is 0.290 e. The summed E-state index contributed by atoms with van der Waals surface area (Å²) in [4.78, 5) is 21.1. The molecule has 2 aromatic rings. The number of aryl methyl sites for hydroxylation is 1. The minimum absolute atomic E-state index is 0.0499. The van der Waals surface area contributed by atoms with Crippen LogP contribution in [0.25, 0.3) is 0 Å². The van der Waals surface area contributed by atoms with Gasteiger partial charge in [-0.3, -0.25) is 9.59 Å². The normalized spacial score (nSPS) is 19.7. The first kappa shape index (κ1) is 22.9. The molecule has 1 fully saturated rings. The Kier molecular flexibility index (Phi) is 7.83. The Labute approximate surface area is 175 Å². The van der Waals surface area contributed by atoms with Gasteiger partial charge in [0.05, 0.1) is 11.3 Å². The van der Waals surface area contributed by atoms with E-state index in [4.69, 9.17) is 21.5 Å². The zero-order valence-electron chi connectivity index (χ0n) is 16.2. The fourth-order valence-corrected chi connectivity index (χ4v) is 4.58. The predicted molar refractivity (Wildman–Crippen MR) is 111 cm³/mol. The van der Waals surface area contributed by atoms with Gasteiger partial charge in [0.1, 0.15) is 5.69 Å². The standard InChI is InChI=1S/C18H22ClN3O3S.CH2O2/c1-21-11-14(19)10-17(21)18(23)20-16-12-22(26(2,24)25)9-8-15(16)13-6-4-3-5-7-13;2-1-3/h3-7,10-11,15-16H,8-9,12H2,1-2H3,(H,20,23);1H,(H,2,3)/t15-,16-;/m0./s1. The number of carboxylic acid groups (broad SMARTS) is 1. The summed E-state index contributed by atoms with van der Waals surface area (Å²) in [6.45, 7) is 0.447. The highest BCUT2D eigenvalue weighted by atomic mass is 35.5. The van der Waals surface area contributed by atoms with E-state index >= 15 is 0 Å². The molecule has 29 heavy (non-hydrogen) atoms. The Balaban J connectivity index is 0.000000941. The summed E-state index contributed by atoms with van der Waals surface area (Å²) in [6, 6.07) is 11.2. The zero-order chi connectivity index (χ0) is 21.6. The Morgan fingerprint density at radius 2 is 1.93 bits per heavy atom. The van der Waals surface area contributed by atoms with Crippen molar-refractivity contribution in [2.24, 2.45) is 7.05 Å². The molecule has 2 heterocycles. The van der Waals surface area contributed by atoms with Crippen LogP contribution in [0.4, 0.5) is 0 Å². The van der Waals surface area contributed by atoms with Gasteiger partial charge < -0.3 is 15.0 Å². The number of piperidine rings is 1. The number of nitrogens with zero attached hydrogens (tertiary/aromatic N) is 2. The molecular formula is C19H24ClN3O5S. The highest BCUT2D eigenvalue weighted by molar-refractivity contribution is 7.88. The van der Waals surface area contributed by atoms with E-state index in [9.17, 15) is 13.2 Å². The van der Waals surface area contributed by atoms with Gasteiger partial charge in [-0.15, -0.1) is 0 Å². The van der Waals surface area contributed by atoms with Gasteiger partial charge in [0, 0.05) is 38.3 Å². The molecule has 158 valence electrons. The minimum atomic E-state index is -3.31. The van der Waals surface area contributed by atoms with Gasteiger partial charge in [-0.05, 0) is 18.1 Å². The van der Waals surface area contributed by atoms with Gasteiger partial charge in [-0.25, -0.2) is 12.7 Å². The molecule has 3 rings (SSSR count). The number of amides is 1. The van der Waals surface area contributed by atoms with E-state index in [1.165, 1.54) is 10.6 Å². The summed E-state index contributed by atoms with van der Waals surface area (Å²) in [5.74, 6) is -0.213. The number of benzene rings is 1. The van der Waals surface area contributed by atoms with E-state index in [1.807, 2.05) is 30.3 Å². The lowest BCUT2D eigenvalue weighted by atomic mass is 9.86. The highest BCUT2D eigenvalue weighted by Crippen LogP contribution is 2.29. The Morgan fingerprint density at radius 1 is 1.31 bits per heavy atom. The number of carbonyl (C=O) groups excluding carboxylic acids is 1. The van der Waals surface area contributed by atoms with Crippen molar-refractivity contribution >= 4 is 34.0 Å². The molecule has 0 radical (unpaired) electrons. The van der Waals surface area contributed by atoms with Crippen LogP contribution in [-0.4, -0.2) is 60.2 Å². The van der Waals surface area contributed by atoms with E-state index in [0.717, 1.165) is 5.56 Å². The van der Waals surface area contributed by atoms with E-state index in [2.05, 4.69) is 5.32 Å². The largest absolute Gasteiger partial charge is 0.483 e. The van der Waals surface area contributed by atoms with E-state index in [-0.39, 0.29) is 30.9 Å². The number of aromatic nitrogens is 1. The summed E-state index contributed by atoms with van der Waals surface area (Å²) in [6.07, 6.45) is 3.51. The molecule has 1 aliphatic heterocycles. The first-order valence-electron chi connectivity index (χ1n) is 8.88. The molecule has 1 aromatic heterocycles. The second kappa shape index (κ2) is 9.91. The first-order valence-corrected chi connectivity index (χ1v) is 11.1. The summed E-state index contributed by atoms with van der Waals surface area (Å²) >= 11 is 5.97. The topological polar surface area (TPSA) is 109 Å². The van der Waals surface area contributed by atoms with Crippen molar-refractivity contribution < 1.29 is 23.1 Å². The third-order valence-electron chi connectivity index (χ3n) is 4.79. The summed E-state index contributed by atoms with van der Waals surface area (Å²) < 4.78 is 27.0. The number of carbonyl (C=O) groups is 2. The monoisotopic (exact) mass is 441 g/mol. The van der Waals surface area contributed by atoms with Crippen molar-refractivity contribution in [2.75, 3.05) is 19.3 Å². The molecule has 0 aliphatic carbocycles. The van der Waals surface area contributed by atoms with Crippen LogP contribution in [0.1, 0.15) is 28.4 Å². The van der Waals surface area contributed by atoms with Crippen molar-refractivity contribution in [3.8, 4) is 0 Å². The Bertz CT molecular complexity index is 946. The van der Waals surface area contributed by atoms with E-state index in [0.29, 0.717) is 23.7 Å². The van der Waals surface area contributed by atoms with Crippen molar-refractivity contribution in [2.45, 2.75) is 18.4 Å². The number of sulfonamides is 1. The molecular weight excluding hydrogens is 418 g/mol. The average molecular weight is 442 g/mol. The number of hydrogen-bond donors (Lipinski definition) is 2. The molecule has 2 N–H and O–H groups in total.